The first-order valence-corrected chi connectivity index (χ1v) is 13.7. The largest absolute Gasteiger partial charge is 0.494 e. The first kappa shape index (κ1) is 23.7. The fourth-order valence-electron chi connectivity index (χ4n) is 3.95. The molecule has 1 amide bonds. The minimum atomic E-state index is -3.30. The summed E-state index contributed by atoms with van der Waals surface area (Å²) in [5.74, 6) is 0.471. The van der Waals surface area contributed by atoms with Gasteiger partial charge < -0.3 is 9.47 Å². The molecule has 0 bridgehead atoms. The molecule has 1 saturated heterocycles. The molecule has 3 aromatic rings. The van der Waals surface area contributed by atoms with E-state index in [1.54, 1.807) is 24.1 Å². The number of ether oxygens (including phenoxy) is 2. The summed E-state index contributed by atoms with van der Waals surface area (Å²) in [5.41, 5.74) is 1.47. The molecule has 0 saturated carbocycles. The van der Waals surface area contributed by atoms with Gasteiger partial charge in [-0.05, 0) is 37.0 Å². The number of amides is 1. The predicted octanol–water partition coefficient (Wildman–Crippen LogP) is 4.21. The summed E-state index contributed by atoms with van der Waals surface area (Å²) in [6, 6.07) is 14.8. The molecular formula is C24H28N2O5S2. The number of para-hydroxylation sites is 1. The van der Waals surface area contributed by atoms with Crippen LogP contribution in [0, 0.1) is 0 Å². The molecule has 1 unspecified atom stereocenters. The van der Waals surface area contributed by atoms with Crippen molar-refractivity contribution < 1.29 is 22.7 Å². The van der Waals surface area contributed by atoms with Gasteiger partial charge in [-0.3, -0.25) is 9.69 Å². The quantitative estimate of drug-likeness (QED) is 0.425. The molecule has 33 heavy (non-hydrogen) atoms. The number of hydrogen-bond donors (Lipinski definition) is 0. The molecule has 1 aliphatic heterocycles. The van der Waals surface area contributed by atoms with E-state index in [9.17, 15) is 13.2 Å². The maximum Gasteiger partial charge on any atom is 0.228 e. The second-order valence-corrected chi connectivity index (χ2v) is 11.3. The Kier molecular flexibility index (Phi) is 7.62. The molecule has 7 nitrogen and oxygen atoms in total. The average Bonchev–Trinajstić information content (AvgIpc) is 3.47. The van der Waals surface area contributed by atoms with Crippen LogP contribution in [0.25, 0.3) is 10.2 Å². The SMILES string of the molecule is COc1cccc2sc(N(CC3CCCO3)C(=O)CCCS(=O)(=O)Cc3ccccc3)nc12. The monoisotopic (exact) mass is 488 g/mol. The molecule has 0 spiro atoms. The molecule has 0 N–H and O–H groups in total. The van der Waals surface area contributed by atoms with Crippen LogP contribution in [0.1, 0.15) is 31.2 Å². The second-order valence-electron chi connectivity index (χ2n) is 8.12. The summed E-state index contributed by atoms with van der Waals surface area (Å²) in [7, 11) is -1.70. The van der Waals surface area contributed by atoms with Crippen molar-refractivity contribution in [3.05, 3.63) is 54.1 Å². The molecule has 1 aliphatic rings. The van der Waals surface area contributed by atoms with Crippen molar-refractivity contribution in [2.45, 2.75) is 37.5 Å². The molecule has 1 aromatic heterocycles. The minimum absolute atomic E-state index is 0.0146. The number of nitrogens with zero attached hydrogens (tertiary/aromatic N) is 2. The van der Waals surface area contributed by atoms with E-state index >= 15 is 0 Å². The minimum Gasteiger partial charge on any atom is -0.494 e. The Morgan fingerprint density at radius 3 is 2.76 bits per heavy atom. The van der Waals surface area contributed by atoms with Crippen LogP contribution in [0.2, 0.25) is 0 Å². The van der Waals surface area contributed by atoms with Crippen LogP contribution in [0.5, 0.6) is 5.75 Å². The molecule has 1 fully saturated rings. The molecule has 0 aliphatic carbocycles. The third kappa shape index (κ3) is 6.10. The lowest BCUT2D eigenvalue weighted by Crippen LogP contribution is -2.37. The zero-order chi connectivity index (χ0) is 23.3. The topological polar surface area (TPSA) is 85.8 Å². The van der Waals surface area contributed by atoms with Gasteiger partial charge in [0.05, 0.1) is 36.0 Å². The fraction of sp³-hybridized carbons (Fsp3) is 0.417. The number of anilines is 1. The average molecular weight is 489 g/mol. The Morgan fingerprint density at radius 1 is 1.21 bits per heavy atom. The third-order valence-electron chi connectivity index (χ3n) is 5.61. The molecule has 4 rings (SSSR count). The zero-order valence-electron chi connectivity index (χ0n) is 18.6. The smallest absolute Gasteiger partial charge is 0.228 e. The van der Waals surface area contributed by atoms with Crippen molar-refractivity contribution in [2.24, 2.45) is 0 Å². The van der Waals surface area contributed by atoms with Crippen molar-refractivity contribution in [2.75, 3.05) is 30.9 Å². The van der Waals surface area contributed by atoms with Gasteiger partial charge in [-0.2, -0.15) is 0 Å². The number of benzene rings is 2. The number of aromatic nitrogens is 1. The van der Waals surface area contributed by atoms with Crippen LogP contribution in [0.4, 0.5) is 5.13 Å². The molecule has 9 heteroatoms. The van der Waals surface area contributed by atoms with Crippen LogP contribution >= 0.6 is 11.3 Å². The van der Waals surface area contributed by atoms with Gasteiger partial charge in [-0.15, -0.1) is 0 Å². The summed E-state index contributed by atoms with van der Waals surface area (Å²) >= 11 is 1.43. The number of hydrogen-bond acceptors (Lipinski definition) is 7. The van der Waals surface area contributed by atoms with E-state index in [2.05, 4.69) is 4.98 Å². The van der Waals surface area contributed by atoms with Crippen molar-refractivity contribution in [3.63, 3.8) is 0 Å². The van der Waals surface area contributed by atoms with Gasteiger partial charge in [0, 0.05) is 13.0 Å². The van der Waals surface area contributed by atoms with Crippen molar-refractivity contribution in [3.8, 4) is 5.75 Å². The fourth-order valence-corrected chi connectivity index (χ4v) is 6.39. The number of thiazole rings is 1. The van der Waals surface area contributed by atoms with Crippen LogP contribution in [-0.4, -0.2) is 51.4 Å². The van der Waals surface area contributed by atoms with Gasteiger partial charge in [0.1, 0.15) is 11.3 Å². The maximum absolute atomic E-state index is 13.2. The molecule has 0 radical (unpaired) electrons. The van der Waals surface area contributed by atoms with E-state index in [0.717, 1.165) is 28.6 Å². The van der Waals surface area contributed by atoms with Gasteiger partial charge in [-0.25, -0.2) is 13.4 Å². The Bertz CT molecular complexity index is 1190. The van der Waals surface area contributed by atoms with E-state index in [1.165, 1.54) is 11.3 Å². The standard InChI is InChI=1S/C24H28N2O5S2/c1-30-20-11-5-12-21-23(20)25-24(32-21)26(16-19-10-6-14-31-19)22(27)13-7-15-33(28,29)17-18-8-3-2-4-9-18/h2-5,8-9,11-12,19H,6-7,10,13-17H2,1H3. The first-order valence-electron chi connectivity index (χ1n) is 11.0. The van der Waals surface area contributed by atoms with Crippen molar-refractivity contribution >= 4 is 42.4 Å². The first-order chi connectivity index (χ1) is 15.9. The number of carbonyl (C=O) groups excluding carboxylic acids is 1. The second kappa shape index (κ2) is 10.6. The molecule has 1 atom stereocenters. The Labute approximate surface area is 198 Å². The molecule has 176 valence electrons. The highest BCUT2D eigenvalue weighted by Gasteiger charge is 2.27. The van der Waals surface area contributed by atoms with E-state index in [-0.39, 0.29) is 36.4 Å². The van der Waals surface area contributed by atoms with Gasteiger partial charge >= 0.3 is 0 Å². The van der Waals surface area contributed by atoms with E-state index in [0.29, 0.717) is 24.0 Å². The number of sulfone groups is 1. The van der Waals surface area contributed by atoms with Crippen LogP contribution in [0.15, 0.2) is 48.5 Å². The Morgan fingerprint density at radius 2 is 2.03 bits per heavy atom. The number of fused-ring (bicyclic) bond motifs is 1. The highest BCUT2D eigenvalue weighted by molar-refractivity contribution is 7.90. The molecule has 2 aromatic carbocycles. The lowest BCUT2D eigenvalue weighted by atomic mass is 10.2. The van der Waals surface area contributed by atoms with Gasteiger partial charge in [-0.1, -0.05) is 47.7 Å². The summed E-state index contributed by atoms with van der Waals surface area (Å²) < 4.78 is 37.1. The van der Waals surface area contributed by atoms with E-state index < -0.39 is 9.84 Å². The van der Waals surface area contributed by atoms with Gasteiger partial charge in [0.15, 0.2) is 15.0 Å². The zero-order valence-corrected chi connectivity index (χ0v) is 20.2. The van der Waals surface area contributed by atoms with Gasteiger partial charge in [0.25, 0.3) is 0 Å². The third-order valence-corrected chi connectivity index (χ3v) is 8.34. The van der Waals surface area contributed by atoms with Crippen molar-refractivity contribution in [1.29, 1.82) is 0 Å². The van der Waals surface area contributed by atoms with E-state index in [1.807, 2.05) is 36.4 Å². The Balaban J connectivity index is 1.46. The van der Waals surface area contributed by atoms with Crippen LogP contribution in [-0.2, 0) is 25.1 Å². The highest BCUT2D eigenvalue weighted by atomic mass is 32.2. The molecule has 2 heterocycles. The number of carbonyl (C=O) groups is 1. The maximum atomic E-state index is 13.2. The number of methoxy groups -OCH3 is 1. The lowest BCUT2D eigenvalue weighted by Gasteiger charge is -2.23. The highest BCUT2D eigenvalue weighted by Crippen LogP contribution is 2.35. The summed E-state index contributed by atoms with van der Waals surface area (Å²) in [6.07, 6.45) is 2.23. The summed E-state index contributed by atoms with van der Waals surface area (Å²) in [4.78, 5) is 19.6. The molecular weight excluding hydrogens is 460 g/mol. The van der Waals surface area contributed by atoms with Crippen molar-refractivity contribution in [1.82, 2.24) is 4.98 Å². The Hall–Kier alpha value is -2.49. The number of rotatable bonds is 10. The summed E-state index contributed by atoms with van der Waals surface area (Å²) in [6.45, 7) is 1.11. The lowest BCUT2D eigenvalue weighted by molar-refractivity contribution is -0.119. The van der Waals surface area contributed by atoms with Crippen LogP contribution in [0.3, 0.4) is 0 Å². The van der Waals surface area contributed by atoms with Gasteiger partial charge in [0.2, 0.25) is 5.91 Å². The predicted molar refractivity (Wildman–Crippen MR) is 131 cm³/mol. The van der Waals surface area contributed by atoms with Crippen LogP contribution < -0.4 is 9.64 Å². The normalized spacial score (nSPS) is 16.2. The van der Waals surface area contributed by atoms with E-state index in [4.69, 9.17) is 9.47 Å². The summed E-state index contributed by atoms with van der Waals surface area (Å²) in [5, 5.41) is 0.585.